The first-order chi connectivity index (χ1) is 7.70. The van der Waals surface area contributed by atoms with Crippen molar-refractivity contribution in [1.82, 2.24) is 4.98 Å². The Kier molecular flexibility index (Phi) is 3.61. The molecule has 0 aliphatic heterocycles. The van der Waals surface area contributed by atoms with Crippen LogP contribution in [0.4, 0.5) is 0 Å². The van der Waals surface area contributed by atoms with E-state index in [-0.39, 0.29) is 0 Å². The highest BCUT2D eigenvalue weighted by Gasteiger charge is 2.05. The van der Waals surface area contributed by atoms with E-state index in [1.54, 1.807) is 11.3 Å². The molecule has 0 N–H and O–H groups in total. The minimum Gasteiger partial charge on any atom is -0.494 e. The molecule has 2 aromatic rings. The van der Waals surface area contributed by atoms with E-state index in [9.17, 15) is 0 Å². The van der Waals surface area contributed by atoms with Crippen molar-refractivity contribution in [2.45, 2.75) is 13.8 Å². The zero-order valence-corrected chi connectivity index (χ0v) is 11.6. The molecule has 1 aromatic carbocycles. The highest BCUT2D eigenvalue weighted by atomic mass is 79.9. The molecular formula is C12H12BrNOS. The maximum atomic E-state index is 5.51. The Balaban J connectivity index is 2.34. The fraction of sp³-hybridized carbons (Fsp3) is 0.250. The molecule has 0 saturated carbocycles. The lowest BCUT2D eigenvalue weighted by Crippen LogP contribution is -1.93. The Morgan fingerprint density at radius 3 is 2.81 bits per heavy atom. The van der Waals surface area contributed by atoms with Crippen molar-refractivity contribution >= 4 is 27.3 Å². The zero-order valence-electron chi connectivity index (χ0n) is 9.16. The molecule has 0 amide bonds. The van der Waals surface area contributed by atoms with Crippen LogP contribution in [0.15, 0.2) is 27.5 Å². The summed E-state index contributed by atoms with van der Waals surface area (Å²) in [4.78, 5) is 4.39. The quantitative estimate of drug-likeness (QED) is 0.843. The van der Waals surface area contributed by atoms with Crippen LogP contribution in [0.1, 0.15) is 12.5 Å². The topological polar surface area (TPSA) is 22.1 Å². The summed E-state index contributed by atoms with van der Waals surface area (Å²) in [6.45, 7) is 4.74. The van der Waals surface area contributed by atoms with Gasteiger partial charge in [0.1, 0.15) is 5.75 Å². The molecule has 1 aromatic heterocycles. The van der Waals surface area contributed by atoms with Crippen LogP contribution in [0.3, 0.4) is 0 Å². The van der Waals surface area contributed by atoms with E-state index in [0.717, 1.165) is 26.5 Å². The van der Waals surface area contributed by atoms with Gasteiger partial charge in [-0.05, 0) is 53.5 Å². The molecule has 0 bridgehead atoms. The molecule has 0 aliphatic carbocycles. The van der Waals surface area contributed by atoms with Gasteiger partial charge in [0, 0.05) is 10.9 Å². The minimum atomic E-state index is 0.697. The number of benzene rings is 1. The fourth-order valence-electron chi connectivity index (χ4n) is 1.51. The third-order valence-electron chi connectivity index (χ3n) is 2.25. The monoisotopic (exact) mass is 297 g/mol. The number of thiazole rings is 1. The van der Waals surface area contributed by atoms with Gasteiger partial charge in [0.25, 0.3) is 0 Å². The maximum Gasteiger partial charge on any atom is 0.159 e. The second-order valence-corrected chi connectivity index (χ2v) is 5.53. The molecule has 84 valence electrons. The van der Waals surface area contributed by atoms with Gasteiger partial charge in [0.05, 0.1) is 12.3 Å². The first-order valence-electron chi connectivity index (χ1n) is 5.05. The van der Waals surface area contributed by atoms with E-state index in [1.807, 2.05) is 24.4 Å². The number of aromatic nitrogens is 1. The lowest BCUT2D eigenvalue weighted by Gasteiger charge is -2.07. The number of hydrogen-bond acceptors (Lipinski definition) is 3. The second-order valence-electron chi connectivity index (χ2n) is 3.40. The van der Waals surface area contributed by atoms with Crippen LogP contribution in [0.2, 0.25) is 0 Å². The lowest BCUT2D eigenvalue weighted by molar-refractivity contribution is 0.338. The van der Waals surface area contributed by atoms with Crippen LogP contribution in [-0.2, 0) is 0 Å². The van der Waals surface area contributed by atoms with Crippen molar-refractivity contribution in [2.24, 2.45) is 0 Å². The van der Waals surface area contributed by atoms with Gasteiger partial charge in [0.15, 0.2) is 3.92 Å². The normalized spacial score (nSPS) is 10.4. The zero-order chi connectivity index (χ0) is 11.5. The van der Waals surface area contributed by atoms with Crippen molar-refractivity contribution in [3.8, 4) is 17.0 Å². The van der Waals surface area contributed by atoms with E-state index >= 15 is 0 Å². The van der Waals surface area contributed by atoms with Crippen LogP contribution in [0.25, 0.3) is 11.3 Å². The average Bonchev–Trinajstić information content (AvgIpc) is 2.68. The Bertz CT molecular complexity index is 496. The van der Waals surface area contributed by atoms with E-state index in [4.69, 9.17) is 4.74 Å². The number of nitrogens with zero attached hydrogens (tertiary/aromatic N) is 1. The molecule has 0 saturated heterocycles. The Morgan fingerprint density at radius 2 is 2.25 bits per heavy atom. The van der Waals surface area contributed by atoms with E-state index in [0.29, 0.717) is 6.61 Å². The van der Waals surface area contributed by atoms with Crippen molar-refractivity contribution in [1.29, 1.82) is 0 Å². The van der Waals surface area contributed by atoms with E-state index in [2.05, 4.69) is 33.9 Å². The summed E-state index contributed by atoms with van der Waals surface area (Å²) in [6, 6.07) is 6.15. The number of hydrogen-bond donors (Lipinski definition) is 0. The first kappa shape index (κ1) is 11.6. The smallest absolute Gasteiger partial charge is 0.159 e. The number of aryl methyl sites for hydroxylation is 1. The van der Waals surface area contributed by atoms with Crippen LogP contribution in [0, 0.1) is 6.92 Å². The number of rotatable bonds is 3. The molecule has 0 atom stereocenters. The summed E-state index contributed by atoms with van der Waals surface area (Å²) in [5.74, 6) is 0.945. The largest absolute Gasteiger partial charge is 0.494 e. The molecule has 2 rings (SSSR count). The summed E-state index contributed by atoms with van der Waals surface area (Å²) in [6.07, 6.45) is 0. The van der Waals surface area contributed by atoms with Crippen molar-refractivity contribution in [3.05, 3.63) is 33.1 Å². The van der Waals surface area contributed by atoms with Crippen LogP contribution in [0.5, 0.6) is 5.75 Å². The van der Waals surface area contributed by atoms with Gasteiger partial charge in [-0.3, -0.25) is 0 Å². The predicted octanol–water partition coefficient (Wildman–Crippen LogP) is 4.28. The lowest BCUT2D eigenvalue weighted by atomic mass is 10.1. The van der Waals surface area contributed by atoms with Gasteiger partial charge < -0.3 is 4.74 Å². The molecule has 2 nitrogen and oxygen atoms in total. The Morgan fingerprint density at radius 1 is 1.44 bits per heavy atom. The SMILES string of the molecule is CCOc1ccc(-c2csc(Br)n2)cc1C. The molecule has 1 heterocycles. The maximum absolute atomic E-state index is 5.51. The Hall–Kier alpha value is -0.870. The van der Waals surface area contributed by atoms with Crippen LogP contribution < -0.4 is 4.74 Å². The van der Waals surface area contributed by atoms with Gasteiger partial charge in [-0.15, -0.1) is 11.3 Å². The van der Waals surface area contributed by atoms with Crippen molar-refractivity contribution in [3.63, 3.8) is 0 Å². The van der Waals surface area contributed by atoms with Crippen LogP contribution >= 0.6 is 27.3 Å². The molecule has 0 spiro atoms. The van der Waals surface area contributed by atoms with E-state index in [1.165, 1.54) is 0 Å². The second kappa shape index (κ2) is 4.97. The summed E-state index contributed by atoms with van der Waals surface area (Å²) < 4.78 is 6.42. The number of halogens is 1. The minimum absolute atomic E-state index is 0.697. The third kappa shape index (κ3) is 2.44. The van der Waals surface area contributed by atoms with Gasteiger partial charge in [-0.2, -0.15) is 0 Å². The summed E-state index contributed by atoms with van der Waals surface area (Å²) >= 11 is 4.96. The summed E-state index contributed by atoms with van der Waals surface area (Å²) in [5.41, 5.74) is 3.27. The number of ether oxygens (including phenoxy) is 1. The molecule has 0 radical (unpaired) electrons. The van der Waals surface area contributed by atoms with E-state index < -0.39 is 0 Å². The van der Waals surface area contributed by atoms with Gasteiger partial charge in [-0.1, -0.05) is 0 Å². The standard InChI is InChI=1S/C12H12BrNOS/c1-3-15-11-5-4-9(6-8(11)2)10-7-16-12(13)14-10/h4-7H,3H2,1-2H3. The predicted molar refractivity (Wildman–Crippen MR) is 71.2 cm³/mol. The molecular weight excluding hydrogens is 286 g/mol. The molecule has 0 fully saturated rings. The van der Waals surface area contributed by atoms with Gasteiger partial charge in [0.2, 0.25) is 0 Å². The molecule has 16 heavy (non-hydrogen) atoms. The van der Waals surface area contributed by atoms with Gasteiger partial charge in [-0.25, -0.2) is 4.98 Å². The van der Waals surface area contributed by atoms with Crippen molar-refractivity contribution in [2.75, 3.05) is 6.61 Å². The first-order valence-corrected chi connectivity index (χ1v) is 6.73. The van der Waals surface area contributed by atoms with Gasteiger partial charge >= 0.3 is 0 Å². The molecule has 0 aliphatic rings. The highest BCUT2D eigenvalue weighted by Crippen LogP contribution is 2.28. The third-order valence-corrected chi connectivity index (χ3v) is 3.61. The summed E-state index contributed by atoms with van der Waals surface area (Å²) in [7, 11) is 0. The average molecular weight is 298 g/mol. The molecule has 0 unspecified atom stereocenters. The Labute approximate surface area is 107 Å². The fourth-order valence-corrected chi connectivity index (χ4v) is 2.53. The van der Waals surface area contributed by atoms with Crippen LogP contribution in [-0.4, -0.2) is 11.6 Å². The summed E-state index contributed by atoms with van der Waals surface area (Å²) in [5, 5.41) is 2.04. The highest BCUT2D eigenvalue weighted by molar-refractivity contribution is 9.11. The van der Waals surface area contributed by atoms with Crippen molar-refractivity contribution < 1.29 is 4.74 Å². The molecule has 4 heteroatoms.